The number of benzene rings is 1. The lowest BCUT2D eigenvalue weighted by Gasteiger charge is -2.39. The molecule has 29 heavy (non-hydrogen) atoms. The van der Waals surface area contributed by atoms with Crippen molar-refractivity contribution >= 4 is 11.8 Å². The number of Topliss-reactive ketones (excluding diaryl/α,β-unsaturated/α-hetero) is 1. The first kappa shape index (κ1) is 21.1. The molecule has 0 saturated heterocycles. The first-order valence-electron chi connectivity index (χ1n) is 9.53. The van der Waals surface area contributed by atoms with Gasteiger partial charge in [0.15, 0.2) is 5.78 Å². The van der Waals surface area contributed by atoms with Crippen LogP contribution in [-0.2, 0) is 20.5 Å². The normalized spacial score (nSPS) is 21.6. The zero-order valence-electron chi connectivity index (χ0n) is 16.9. The first-order chi connectivity index (χ1) is 13.4. The van der Waals surface area contributed by atoms with Crippen molar-refractivity contribution < 1.29 is 27.5 Å². The summed E-state index contributed by atoms with van der Waals surface area (Å²) in [5.74, 6) is -1.69. The van der Waals surface area contributed by atoms with Crippen LogP contribution in [0.25, 0.3) is 0 Å². The number of hydrogen-bond donors (Lipinski definition) is 1. The van der Waals surface area contributed by atoms with Crippen LogP contribution < -0.4 is 5.32 Å². The highest BCUT2D eigenvalue weighted by atomic mass is 19.4. The molecule has 0 amide bonds. The number of esters is 1. The average molecular weight is 407 g/mol. The number of allylic oxidation sites excluding steroid dienone is 3. The van der Waals surface area contributed by atoms with Gasteiger partial charge in [-0.1, -0.05) is 32.0 Å². The van der Waals surface area contributed by atoms with E-state index in [-0.39, 0.29) is 35.4 Å². The Morgan fingerprint density at radius 2 is 1.97 bits per heavy atom. The molecule has 2 aliphatic rings. The van der Waals surface area contributed by atoms with Gasteiger partial charge in [0.1, 0.15) is 0 Å². The Morgan fingerprint density at radius 1 is 1.28 bits per heavy atom. The van der Waals surface area contributed by atoms with E-state index in [1.165, 1.54) is 12.1 Å². The molecule has 1 aromatic rings. The first-order valence-corrected chi connectivity index (χ1v) is 9.53. The second-order valence-electron chi connectivity index (χ2n) is 8.27. The van der Waals surface area contributed by atoms with Crippen LogP contribution >= 0.6 is 0 Å². The zero-order chi connectivity index (χ0) is 21.6. The molecule has 0 radical (unpaired) electrons. The molecule has 1 atom stereocenters. The molecule has 1 aliphatic carbocycles. The Balaban J connectivity index is 2.21. The summed E-state index contributed by atoms with van der Waals surface area (Å²) < 4.78 is 45.1. The van der Waals surface area contributed by atoms with E-state index < -0.39 is 23.6 Å². The lowest BCUT2D eigenvalue weighted by Crippen LogP contribution is -2.38. The molecule has 156 valence electrons. The maximum absolute atomic E-state index is 13.3. The minimum absolute atomic E-state index is 0.123. The van der Waals surface area contributed by atoms with E-state index >= 15 is 0 Å². The van der Waals surface area contributed by atoms with E-state index in [1.54, 1.807) is 13.8 Å². The van der Waals surface area contributed by atoms with Crippen LogP contribution in [0.15, 0.2) is 46.8 Å². The van der Waals surface area contributed by atoms with Crippen LogP contribution in [0.4, 0.5) is 13.2 Å². The lowest BCUT2D eigenvalue weighted by molar-refractivity contribution is -0.139. The molecule has 1 unspecified atom stereocenters. The number of rotatable bonds is 3. The highest BCUT2D eigenvalue weighted by Crippen LogP contribution is 2.47. The topological polar surface area (TPSA) is 55.4 Å². The molecule has 0 spiro atoms. The number of hydrogen-bond acceptors (Lipinski definition) is 4. The molecule has 3 rings (SSSR count). The van der Waals surface area contributed by atoms with E-state index in [0.717, 1.165) is 12.1 Å². The summed E-state index contributed by atoms with van der Waals surface area (Å²) in [5, 5.41) is 3.15. The molecular formula is C22H24F3NO3. The van der Waals surface area contributed by atoms with Gasteiger partial charge in [0.2, 0.25) is 0 Å². The summed E-state index contributed by atoms with van der Waals surface area (Å²) in [6.07, 6.45) is -3.70. The van der Waals surface area contributed by atoms with Gasteiger partial charge in [-0.25, -0.2) is 4.79 Å². The third kappa shape index (κ3) is 4.09. The number of carbonyl (C=O) groups is 2. The van der Waals surface area contributed by atoms with Gasteiger partial charge in [0.25, 0.3) is 0 Å². The third-order valence-corrected chi connectivity index (χ3v) is 5.28. The van der Waals surface area contributed by atoms with E-state index in [1.807, 2.05) is 13.8 Å². The van der Waals surface area contributed by atoms with Gasteiger partial charge in [-0.2, -0.15) is 13.2 Å². The monoisotopic (exact) mass is 407 g/mol. The Kier molecular flexibility index (Phi) is 5.36. The van der Waals surface area contributed by atoms with Crippen LogP contribution in [0.2, 0.25) is 0 Å². The van der Waals surface area contributed by atoms with Crippen molar-refractivity contribution in [3.05, 3.63) is 57.9 Å². The van der Waals surface area contributed by atoms with Crippen molar-refractivity contribution in [1.82, 2.24) is 5.32 Å². The predicted octanol–water partition coefficient (Wildman–Crippen LogP) is 4.87. The summed E-state index contributed by atoms with van der Waals surface area (Å²) in [6, 6.07) is 4.82. The van der Waals surface area contributed by atoms with Gasteiger partial charge in [-0.3, -0.25) is 4.79 Å². The minimum Gasteiger partial charge on any atom is -0.463 e. The fourth-order valence-electron chi connectivity index (χ4n) is 4.14. The summed E-state index contributed by atoms with van der Waals surface area (Å²) in [4.78, 5) is 25.8. The summed E-state index contributed by atoms with van der Waals surface area (Å²) in [5.41, 5.74) is 0.859. The molecule has 1 aliphatic heterocycles. The van der Waals surface area contributed by atoms with Crippen molar-refractivity contribution in [2.24, 2.45) is 5.41 Å². The molecule has 0 bridgehead atoms. The quantitative estimate of drug-likeness (QED) is 0.726. The zero-order valence-corrected chi connectivity index (χ0v) is 16.9. The van der Waals surface area contributed by atoms with Crippen molar-refractivity contribution in [1.29, 1.82) is 0 Å². The van der Waals surface area contributed by atoms with Crippen molar-refractivity contribution in [3.8, 4) is 0 Å². The summed E-state index contributed by atoms with van der Waals surface area (Å²) in [7, 11) is 0. The number of carbonyl (C=O) groups excluding carboxylic acids is 2. The van der Waals surface area contributed by atoms with Crippen LogP contribution in [-0.4, -0.2) is 18.4 Å². The van der Waals surface area contributed by atoms with E-state index in [0.29, 0.717) is 23.4 Å². The molecule has 4 nitrogen and oxygen atoms in total. The summed E-state index contributed by atoms with van der Waals surface area (Å²) in [6.45, 7) is 7.40. The standard InChI is InChI=1S/C22H24F3NO3/c1-5-29-20(28)17-12(2)26-15-10-21(3,4)11-16(27)19(15)18(17)13-7-6-8-14(9-13)22(23,24)25/h6-9,18,26H,5,10-11H2,1-4H3. The number of alkyl halides is 3. The highest BCUT2D eigenvalue weighted by molar-refractivity contribution is 6.04. The molecule has 1 heterocycles. The molecular weight excluding hydrogens is 383 g/mol. The maximum atomic E-state index is 13.3. The van der Waals surface area contributed by atoms with Gasteiger partial charge >= 0.3 is 12.1 Å². The number of halogens is 3. The van der Waals surface area contributed by atoms with Crippen molar-refractivity contribution in [2.75, 3.05) is 6.61 Å². The Hall–Kier alpha value is -2.57. The largest absolute Gasteiger partial charge is 0.463 e. The van der Waals surface area contributed by atoms with Gasteiger partial charge in [-0.05, 0) is 37.3 Å². The maximum Gasteiger partial charge on any atom is 0.416 e. The van der Waals surface area contributed by atoms with Gasteiger partial charge in [-0.15, -0.1) is 0 Å². The van der Waals surface area contributed by atoms with E-state index in [4.69, 9.17) is 4.74 Å². The molecule has 0 fully saturated rings. The van der Waals surface area contributed by atoms with Crippen molar-refractivity contribution in [2.45, 2.75) is 52.6 Å². The Morgan fingerprint density at radius 3 is 2.59 bits per heavy atom. The van der Waals surface area contributed by atoms with Gasteiger partial charge in [0.05, 0.1) is 17.7 Å². The minimum atomic E-state index is -4.53. The molecule has 1 N–H and O–H groups in total. The van der Waals surface area contributed by atoms with Crippen LogP contribution in [0.3, 0.4) is 0 Å². The number of ether oxygens (including phenoxy) is 1. The van der Waals surface area contributed by atoms with Crippen LogP contribution in [0.1, 0.15) is 57.6 Å². The van der Waals surface area contributed by atoms with Gasteiger partial charge < -0.3 is 10.1 Å². The second-order valence-corrected chi connectivity index (χ2v) is 8.27. The highest BCUT2D eigenvalue weighted by Gasteiger charge is 2.43. The average Bonchev–Trinajstić information content (AvgIpc) is 2.59. The van der Waals surface area contributed by atoms with E-state index in [2.05, 4.69) is 5.32 Å². The molecule has 7 heteroatoms. The fraction of sp³-hybridized carbons (Fsp3) is 0.455. The fourth-order valence-corrected chi connectivity index (χ4v) is 4.14. The SMILES string of the molecule is CCOC(=O)C1=C(C)NC2=C(C(=O)CC(C)(C)C2)C1c1cccc(C(F)(F)F)c1. The van der Waals surface area contributed by atoms with Crippen LogP contribution in [0.5, 0.6) is 0 Å². The Bertz CT molecular complexity index is 925. The predicted molar refractivity (Wildman–Crippen MR) is 102 cm³/mol. The molecule has 1 aromatic carbocycles. The second kappa shape index (κ2) is 7.35. The van der Waals surface area contributed by atoms with E-state index in [9.17, 15) is 22.8 Å². The Labute approximate surface area is 167 Å². The smallest absolute Gasteiger partial charge is 0.416 e. The molecule has 0 aromatic heterocycles. The lowest BCUT2D eigenvalue weighted by atomic mass is 9.68. The molecule has 0 saturated carbocycles. The summed E-state index contributed by atoms with van der Waals surface area (Å²) >= 11 is 0. The number of ketones is 1. The number of nitrogens with one attached hydrogen (secondary N) is 1. The van der Waals surface area contributed by atoms with Gasteiger partial charge in [0, 0.05) is 29.3 Å². The van der Waals surface area contributed by atoms with Crippen LogP contribution in [0, 0.1) is 5.41 Å². The van der Waals surface area contributed by atoms with Crippen molar-refractivity contribution in [3.63, 3.8) is 0 Å². The number of dihydropyridines is 1. The third-order valence-electron chi connectivity index (χ3n) is 5.28.